The average molecular weight is 609 g/mol. The molecule has 1 fully saturated rings. The molecule has 1 N–H and O–H groups in total. The van der Waals surface area contributed by atoms with Gasteiger partial charge < -0.3 is 9.64 Å². The minimum atomic E-state index is -1.47. The molecule has 2 aliphatic heterocycles. The maximum Gasteiger partial charge on any atom is 0.263 e. The summed E-state index contributed by atoms with van der Waals surface area (Å²) in [5.41, 5.74) is 4.05. The molecule has 5 nitrogen and oxygen atoms in total. The van der Waals surface area contributed by atoms with Gasteiger partial charge >= 0.3 is 0 Å². The third-order valence-electron chi connectivity index (χ3n) is 10.6. The monoisotopic (exact) mass is 608 g/mol. The summed E-state index contributed by atoms with van der Waals surface area (Å²) in [7, 11) is -1.47. The van der Waals surface area contributed by atoms with Crippen molar-refractivity contribution in [2.45, 2.75) is 82.8 Å². The second-order valence-corrected chi connectivity index (χ2v) is 15.3. The van der Waals surface area contributed by atoms with Crippen LogP contribution in [0.25, 0.3) is 0 Å². The number of fused-ring (bicyclic) bond motifs is 4. The van der Waals surface area contributed by atoms with Crippen molar-refractivity contribution >= 4 is 34.2 Å². The fourth-order valence-corrected chi connectivity index (χ4v) is 9.04. The largest absolute Gasteiger partial charge is 0.490 e. The summed E-state index contributed by atoms with van der Waals surface area (Å²) in [5, 5.41) is 0.644. The smallest absolute Gasteiger partial charge is 0.263 e. The van der Waals surface area contributed by atoms with Crippen LogP contribution >= 0.6 is 11.6 Å². The highest BCUT2D eigenvalue weighted by molar-refractivity contribution is 7.84. The topological polar surface area (TPSA) is 58.6 Å². The van der Waals surface area contributed by atoms with E-state index >= 15 is 0 Å². The molecule has 7 heteroatoms. The zero-order chi connectivity index (χ0) is 29.4. The summed E-state index contributed by atoms with van der Waals surface area (Å²) in [6.45, 7) is 8.80. The lowest BCUT2D eigenvalue weighted by molar-refractivity contribution is 0.0982. The maximum absolute atomic E-state index is 13.4. The Morgan fingerprint density at radius 1 is 1.17 bits per heavy atom. The molecule has 6 unspecified atom stereocenters. The van der Waals surface area contributed by atoms with Crippen molar-refractivity contribution in [2.75, 3.05) is 24.6 Å². The van der Waals surface area contributed by atoms with Gasteiger partial charge in [-0.15, -0.1) is 0 Å². The van der Waals surface area contributed by atoms with E-state index in [1.165, 1.54) is 36.8 Å². The van der Waals surface area contributed by atoms with E-state index in [1.54, 1.807) is 0 Å². The number of anilines is 1. The van der Waals surface area contributed by atoms with Gasteiger partial charge in [-0.25, -0.2) is 4.21 Å². The molecule has 1 saturated carbocycles. The molecule has 1 spiro atoms. The van der Waals surface area contributed by atoms with E-state index in [0.29, 0.717) is 29.9 Å². The number of ether oxygens (including phenoxy) is 1. The van der Waals surface area contributed by atoms with Crippen LogP contribution in [0.1, 0.15) is 87.2 Å². The minimum Gasteiger partial charge on any atom is -0.490 e. The summed E-state index contributed by atoms with van der Waals surface area (Å²) in [6, 6.07) is 12.1. The number of nitrogens with one attached hydrogen (secondary N) is 1. The molecule has 226 valence electrons. The normalized spacial score (nSPS) is 33.8. The molecule has 6 rings (SSSR count). The van der Waals surface area contributed by atoms with Crippen LogP contribution in [0.4, 0.5) is 5.69 Å². The van der Waals surface area contributed by atoms with Gasteiger partial charge in [0.15, 0.2) is 0 Å². The number of carbonyl (C=O) groups is 1. The number of halogens is 1. The molecular weight excluding hydrogens is 564 g/mol. The standard InChI is InChI=1S/C35H45ClN2O3S/c1-4-7-25-9-5-8-23(2)24(3)42(40)37-34(39)27-12-16-33-32(19-27)38(20-28-11-14-30(25)28)21-35(22-41-33)17-6-10-26-18-29(36)13-15-31(26)35/h5,9,12-13,15-16,18-19,23-25,28,30H,4,6-8,10-11,14,17,20-22H2,1-3H3,(H,37,39)/b9-5+/t23?,24?,25?,28?,30?,35-,42?/m0/s1. The number of carbonyl (C=O) groups excluding carboxylic acids is 1. The summed E-state index contributed by atoms with van der Waals surface area (Å²) >= 11 is 6.44. The van der Waals surface area contributed by atoms with E-state index in [1.807, 2.05) is 31.2 Å². The molecule has 7 atom stereocenters. The SMILES string of the molecule is CCCC1/C=C/CC(C)C(C)S(=O)NC(=O)c2ccc3c(c2)N(CC2CCC12)C[C@@]1(CCCc2cc(Cl)ccc21)CO3. The number of hydrogen-bond donors (Lipinski definition) is 1. The highest BCUT2D eigenvalue weighted by Crippen LogP contribution is 2.48. The Labute approximate surface area is 259 Å². The van der Waals surface area contributed by atoms with E-state index in [0.717, 1.165) is 55.2 Å². The maximum atomic E-state index is 13.4. The third kappa shape index (κ3) is 5.78. The summed E-state index contributed by atoms with van der Waals surface area (Å²) in [6.07, 6.45) is 13.7. The van der Waals surface area contributed by atoms with Gasteiger partial charge in [0.25, 0.3) is 5.91 Å². The van der Waals surface area contributed by atoms with Crippen LogP contribution < -0.4 is 14.4 Å². The minimum absolute atomic E-state index is 0.143. The molecule has 1 amide bonds. The van der Waals surface area contributed by atoms with E-state index in [2.05, 4.69) is 47.8 Å². The van der Waals surface area contributed by atoms with Gasteiger partial charge in [-0.3, -0.25) is 9.52 Å². The molecule has 2 heterocycles. The molecule has 0 saturated heterocycles. The average Bonchev–Trinajstić information content (AvgIpc) is 3.11. The molecule has 2 aromatic carbocycles. The van der Waals surface area contributed by atoms with Crippen molar-refractivity contribution in [1.82, 2.24) is 4.72 Å². The van der Waals surface area contributed by atoms with Gasteiger partial charge in [-0.2, -0.15) is 0 Å². The Morgan fingerprint density at radius 2 is 2.02 bits per heavy atom. The van der Waals surface area contributed by atoms with Crippen LogP contribution in [0, 0.1) is 23.7 Å². The number of allylic oxidation sites excluding steroid dienone is 2. The summed E-state index contributed by atoms with van der Waals surface area (Å²) in [4.78, 5) is 15.9. The van der Waals surface area contributed by atoms with Crippen molar-refractivity contribution in [3.63, 3.8) is 0 Å². The first-order valence-corrected chi connectivity index (χ1v) is 17.6. The van der Waals surface area contributed by atoms with Crippen LogP contribution in [0.2, 0.25) is 5.02 Å². The quantitative estimate of drug-likeness (QED) is 0.356. The summed E-state index contributed by atoms with van der Waals surface area (Å²) in [5.74, 6) is 2.55. The fraction of sp³-hybridized carbons (Fsp3) is 0.571. The van der Waals surface area contributed by atoms with E-state index in [9.17, 15) is 9.00 Å². The Morgan fingerprint density at radius 3 is 2.81 bits per heavy atom. The molecular formula is C35H45ClN2O3S. The Kier molecular flexibility index (Phi) is 8.75. The van der Waals surface area contributed by atoms with Crippen molar-refractivity contribution in [1.29, 1.82) is 0 Å². The molecule has 0 aromatic heterocycles. The first-order chi connectivity index (χ1) is 20.3. The number of rotatable bonds is 2. The van der Waals surface area contributed by atoms with Crippen molar-refractivity contribution < 1.29 is 13.7 Å². The number of amides is 1. The molecule has 2 aromatic rings. The summed E-state index contributed by atoms with van der Waals surface area (Å²) < 4.78 is 22.6. The Bertz CT molecular complexity index is 1380. The van der Waals surface area contributed by atoms with Gasteiger partial charge in [0.05, 0.1) is 17.5 Å². The lowest BCUT2D eigenvalue weighted by Crippen LogP contribution is -2.49. The zero-order valence-corrected chi connectivity index (χ0v) is 26.8. The highest BCUT2D eigenvalue weighted by atomic mass is 35.5. The molecule has 2 aliphatic carbocycles. The number of benzene rings is 2. The lowest BCUT2D eigenvalue weighted by atomic mass is 9.65. The highest BCUT2D eigenvalue weighted by Gasteiger charge is 2.44. The molecule has 42 heavy (non-hydrogen) atoms. The van der Waals surface area contributed by atoms with Crippen LogP contribution in [0.3, 0.4) is 0 Å². The van der Waals surface area contributed by atoms with Crippen molar-refractivity contribution in [3.8, 4) is 5.75 Å². The lowest BCUT2D eigenvalue weighted by Gasteiger charge is -2.46. The predicted molar refractivity (Wildman–Crippen MR) is 173 cm³/mol. The van der Waals surface area contributed by atoms with Gasteiger partial charge in [0.1, 0.15) is 16.7 Å². The van der Waals surface area contributed by atoms with E-state index in [4.69, 9.17) is 16.3 Å². The van der Waals surface area contributed by atoms with Crippen LogP contribution in [0.15, 0.2) is 48.6 Å². The Hall–Kier alpha value is -2.31. The fourth-order valence-electron chi connectivity index (χ4n) is 7.82. The predicted octanol–water partition coefficient (Wildman–Crippen LogP) is 7.63. The van der Waals surface area contributed by atoms with Crippen LogP contribution in [-0.2, 0) is 22.8 Å². The first-order valence-electron chi connectivity index (χ1n) is 16.0. The van der Waals surface area contributed by atoms with Gasteiger partial charge in [-0.05, 0) is 117 Å². The second kappa shape index (κ2) is 12.4. The van der Waals surface area contributed by atoms with Gasteiger partial charge in [0.2, 0.25) is 0 Å². The van der Waals surface area contributed by atoms with Gasteiger partial charge in [0, 0.05) is 29.1 Å². The molecule has 0 radical (unpaired) electrons. The van der Waals surface area contributed by atoms with Crippen LogP contribution in [0.5, 0.6) is 5.75 Å². The number of aryl methyl sites for hydroxylation is 1. The van der Waals surface area contributed by atoms with E-state index in [-0.39, 0.29) is 22.5 Å². The van der Waals surface area contributed by atoms with Crippen molar-refractivity contribution in [2.24, 2.45) is 23.7 Å². The number of hydrogen-bond acceptors (Lipinski definition) is 4. The molecule has 2 bridgehead atoms. The van der Waals surface area contributed by atoms with Crippen molar-refractivity contribution in [3.05, 3.63) is 70.3 Å². The first kappa shape index (κ1) is 29.7. The number of nitrogens with zero attached hydrogens (tertiary/aromatic N) is 1. The Balaban J connectivity index is 1.41. The third-order valence-corrected chi connectivity index (χ3v) is 12.4. The van der Waals surface area contributed by atoms with Crippen LogP contribution in [-0.4, -0.2) is 35.1 Å². The molecule has 4 aliphatic rings. The zero-order valence-electron chi connectivity index (χ0n) is 25.2. The van der Waals surface area contributed by atoms with E-state index < -0.39 is 11.0 Å². The second-order valence-electron chi connectivity index (χ2n) is 13.3. The van der Waals surface area contributed by atoms with Gasteiger partial charge in [-0.1, -0.05) is 50.1 Å².